The van der Waals surface area contributed by atoms with Crippen LogP contribution in [0.25, 0.3) is 0 Å². The number of hydrogen-bond acceptors (Lipinski definition) is 3. The minimum Gasteiger partial charge on any atom is -0.354 e. The number of aromatic nitrogens is 1. The zero-order valence-electron chi connectivity index (χ0n) is 11.7. The van der Waals surface area contributed by atoms with Crippen molar-refractivity contribution in [3.05, 3.63) is 30.1 Å². The fourth-order valence-corrected chi connectivity index (χ4v) is 2.76. The van der Waals surface area contributed by atoms with E-state index in [0.29, 0.717) is 12.1 Å². The minimum atomic E-state index is 0.0817. The third kappa shape index (κ3) is 4.31. The van der Waals surface area contributed by atoms with E-state index in [-0.39, 0.29) is 11.9 Å². The Balaban J connectivity index is 1.78. The molecule has 1 amide bonds. The van der Waals surface area contributed by atoms with Crippen molar-refractivity contribution < 1.29 is 4.79 Å². The van der Waals surface area contributed by atoms with Crippen molar-refractivity contribution in [3.63, 3.8) is 0 Å². The Morgan fingerprint density at radius 3 is 2.53 bits per heavy atom. The van der Waals surface area contributed by atoms with E-state index >= 15 is 0 Å². The Morgan fingerprint density at radius 2 is 1.95 bits per heavy atom. The second-order valence-electron chi connectivity index (χ2n) is 5.39. The molecular formula is C15H23N3O. The molecule has 1 atom stereocenters. The molecule has 2 N–H and O–H groups in total. The van der Waals surface area contributed by atoms with Gasteiger partial charge in [-0.1, -0.05) is 6.07 Å². The van der Waals surface area contributed by atoms with Crippen LogP contribution in [-0.2, 0) is 4.79 Å². The van der Waals surface area contributed by atoms with Crippen molar-refractivity contribution in [3.8, 4) is 0 Å². The molecule has 104 valence electrons. The van der Waals surface area contributed by atoms with Crippen LogP contribution >= 0.6 is 0 Å². The van der Waals surface area contributed by atoms with Crippen molar-refractivity contribution in [2.75, 3.05) is 0 Å². The number of nitrogens with one attached hydrogen (secondary N) is 2. The largest absolute Gasteiger partial charge is 0.354 e. The van der Waals surface area contributed by atoms with E-state index in [1.807, 2.05) is 18.3 Å². The first kappa shape index (κ1) is 14.0. The molecule has 1 saturated carbocycles. The number of pyridine rings is 1. The van der Waals surface area contributed by atoms with E-state index in [4.69, 9.17) is 0 Å². The molecule has 1 unspecified atom stereocenters. The van der Waals surface area contributed by atoms with Gasteiger partial charge in [-0.15, -0.1) is 0 Å². The molecule has 2 rings (SSSR count). The third-order valence-electron chi connectivity index (χ3n) is 3.75. The van der Waals surface area contributed by atoms with Crippen molar-refractivity contribution in [2.45, 2.75) is 57.7 Å². The SMILES string of the molecule is CC(=O)NC1CCC(NC(C)c2ccccn2)CC1. The van der Waals surface area contributed by atoms with Gasteiger partial charge >= 0.3 is 0 Å². The van der Waals surface area contributed by atoms with E-state index in [1.54, 1.807) is 6.92 Å². The summed E-state index contributed by atoms with van der Waals surface area (Å²) in [5.74, 6) is 0.0817. The van der Waals surface area contributed by atoms with E-state index in [1.165, 1.54) is 0 Å². The lowest BCUT2D eigenvalue weighted by atomic mass is 9.90. The van der Waals surface area contributed by atoms with Gasteiger partial charge in [-0.05, 0) is 44.7 Å². The minimum absolute atomic E-state index is 0.0817. The lowest BCUT2D eigenvalue weighted by molar-refractivity contribution is -0.119. The highest BCUT2D eigenvalue weighted by Crippen LogP contribution is 2.21. The van der Waals surface area contributed by atoms with Crippen LogP contribution < -0.4 is 10.6 Å². The molecule has 1 heterocycles. The van der Waals surface area contributed by atoms with Crippen molar-refractivity contribution in [1.82, 2.24) is 15.6 Å². The van der Waals surface area contributed by atoms with Gasteiger partial charge in [0.1, 0.15) is 0 Å². The van der Waals surface area contributed by atoms with Gasteiger partial charge in [0, 0.05) is 31.2 Å². The Morgan fingerprint density at radius 1 is 1.26 bits per heavy atom. The normalized spacial score (nSPS) is 24.7. The van der Waals surface area contributed by atoms with Crippen LogP contribution in [0.1, 0.15) is 51.3 Å². The Hall–Kier alpha value is -1.42. The van der Waals surface area contributed by atoms with Crippen molar-refractivity contribution in [2.24, 2.45) is 0 Å². The van der Waals surface area contributed by atoms with Gasteiger partial charge in [0.05, 0.1) is 5.69 Å². The molecule has 4 heteroatoms. The van der Waals surface area contributed by atoms with Gasteiger partial charge in [-0.2, -0.15) is 0 Å². The first-order valence-electron chi connectivity index (χ1n) is 7.09. The fraction of sp³-hybridized carbons (Fsp3) is 0.600. The highest BCUT2D eigenvalue weighted by Gasteiger charge is 2.22. The molecule has 1 fully saturated rings. The topological polar surface area (TPSA) is 54.0 Å². The number of hydrogen-bond donors (Lipinski definition) is 2. The summed E-state index contributed by atoms with van der Waals surface area (Å²) in [5, 5.41) is 6.64. The maximum atomic E-state index is 11.0. The quantitative estimate of drug-likeness (QED) is 0.873. The van der Waals surface area contributed by atoms with Crippen LogP contribution in [0.3, 0.4) is 0 Å². The number of carbonyl (C=O) groups excluding carboxylic acids is 1. The van der Waals surface area contributed by atoms with Crippen molar-refractivity contribution in [1.29, 1.82) is 0 Å². The average molecular weight is 261 g/mol. The highest BCUT2D eigenvalue weighted by atomic mass is 16.1. The molecule has 19 heavy (non-hydrogen) atoms. The van der Waals surface area contributed by atoms with Gasteiger partial charge in [-0.3, -0.25) is 9.78 Å². The van der Waals surface area contributed by atoms with E-state index < -0.39 is 0 Å². The molecule has 1 aliphatic carbocycles. The predicted molar refractivity (Wildman–Crippen MR) is 75.6 cm³/mol. The average Bonchev–Trinajstić information content (AvgIpc) is 2.41. The zero-order chi connectivity index (χ0) is 13.7. The van der Waals surface area contributed by atoms with Crippen LogP contribution in [0.2, 0.25) is 0 Å². The van der Waals surface area contributed by atoms with E-state index in [2.05, 4.69) is 28.6 Å². The lowest BCUT2D eigenvalue weighted by Crippen LogP contribution is -2.42. The maximum Gasteiger partial charge on any atom is 0.217 e. The molecule has 0 bridgehead atoms. The van der Waals surface area contributed by atoms with Gasteiger partial charge in [0.2, 0.25) is 5.91 Å². The molecule has 1 aromatic heterocycles. The summed E-state index contributed by atoms with van der Waals surface area (Å²) in [4.78, 5) is 15.4. The standard InChI is InChI=1S/C15H23N3O/c1-11(15-5-3-4-10-16-15)17-13-6-8-14(9-7-13)18-12(2)19/h3-5,10-11,13-14,17H,6-9H2,1-2H3,(H,18,19). The zero-order valence-corrected chi connectivity index (χ0v) is 11.7. The molecule has 1 aliphatic rings. The van der Waals surface area contributed by atoms with Crippen molar-refractivity contribution >= 4 is 5.91 Å². The molecule has 0 aliphatic heterocycles. The summed E-state index contributed by atoms with van der Waals surface area (Å²) < 4.78 is 0. The summed E-state index contributed by atoms with van der Waals surface area (Å²) in [6.45, 7) is 3.75. The smallest absolute Gasteiger partial charge is 0.217 e. The second kappa shape index (κ2) is 6.66. The molecular weight excluding hydrogens is 238 g/mol. The van der Waals surface area contributed by atoms with Crippen LogP contribution in [-0.4, -0.2) is 23.0 Å². The molecule has 1 aromatic rings. The third-order valence-corrected chi connectivity index (χ3v) is 3.75. The monoisotopic (exact) mass is 261 g/mol. The maximum absolute atomic E-state index is 11.0. The summed E-state index contributed by atoms with van der Waals surface area (Å²) in [6, 6.07) is 7.19. The lowest BCUT2D eigenvalue weighted by Gasteiger charge is -2.31. The van der Waals surface area contributed by atoms with Gasteiger partial charge < -0.3 is 10.6 Å². The fourth-order valence-electron chi connectivity index (χ4n) is 2.76. The Bertz CT molecular complexity index is 399. The molecule has 0 aromatic carbocycles. The molecule has 0 radical (unpaired) electrons. The van der Waals surface area contributed by atoms with Gasteiger partial charge in [0.25, 0.3) is 0 Å². The Kier molecular flexibility index (Phi) is 4.91. The van der Waals surface area contributed by atoms with Gasteiger partial charge in [0.15, 0.2) is 0 Å². The van der Waals surface area contributed by atoms with Crippen LogP contribution in [0, 0.1) is 0 Å². The number of amides is 1. The second-order valence-corrected chi connectivity index (χ2v) is 5.39. The Labute approximate surface area is 115 Å². The van der Waals surface area contributed by atoms with E-state index in [9.17, 15) is 4.79 Å². The molecule has 0 spiro atoms. The first-order valence-corrected chi connectivity index (χ1v) is 7.09. The van der Waals surface area contributed by atoms with E-state index in [0.717, 1.165) is 31.4 Å². The van der Waals surface area contributed by atoms with Crippen LogP contribution in [0.4, 0.5) is 0 Å². The van der Waals surface area contributed by atoms with Crippen LogP contribution in [0.5, 0.6) is 0 Å². The summed E-state index contributed by atoms with van der Waals surface area (Å²) in [6.07, 6.45) is 6.18. The van der Waals surface area contributed by atoms with Crippen LogP contribution in [0.15, 0.2) is 24.4 Å². The summed E-state index contributed by atoms with van der Waals surface area (Å²) in [7, 11) is 0. The first-order chi connectivity index (χ1) is 9.15. The molecule has 0 saturated heterocycles. The summed E-state index contributed by atoms with van der Waals surface area (Å²) in [5.41, 5.74) is 1.09. The van der Waals surface area contributed by atoms with Gasteiger partial charge in [-0.25, -0.2) is 0 Å². The molecule has 4 nitrogen and oxygen atoms in total. The predicted octanol–water partition coefficient (Wildman–Crippen LogP) is 2.18. The number of rotatable bonds is 4. The summed E-state index contributed by atoms with van der Waals surface area (Å²) >= 11 is 0. The number of nitrogens with zero attached hydrogens (tertiary/aromatic N) is 1. The highest BCUT2D eigenvalue weighted by molar-refractivity contribution is 5.73. The number of carbonyl (C=O) groups is 1.